The molecule has 6 heteroatoms. The molecule has 0 aliphatic heterocycles. The van der Waals surface area contributed by atoms with Crippen LogP contribution in [0.4, 0.5) is 10.5 Å². The Bertz CT molecular complexity index is 765. The lowest BCUT2D eigenvalue weighted by Gasteiger charge is -2.32. The molecule has 2 rings (SSSR count). The molecule has 0 unspecified atom stereocenters. The third-order valence-corrected chi connectivity index (χ3v) is 3.74. The van der Waals surface area contributed by atoms with Gasteiger partial charge in [-0.15, -0.1) is 0 Å². The van der Waals surface area contributed by atoms with Crippen molar-refractivity contribution in [3.8, 4) is 5.75 Å². The smallest absolute Gasteiger partial charge is 0.415 e. The van der Waals surface area contributed by atoms with Crippen LogP contribution in [0.1, 0.15) is 32.4 Å². The number of carbonyl (C=O) groups excluding carboxylic acids is 2. The van der Waals surface area contributed by atoms with Crippen LogP contribution in [0.5, 0.6) is 5.75 Å². The Morgan fingerprint density at radius 3 is 2.00 bits per heavy atom. The number of ether oxygens (including phenoxy) is 3. The zero-order valence-electron chi connectivity index (χ0n) is 16.3. The van der Waals surface area contributed by atoms with Gasteiger partial charge in [0.25, 0.3) is 0 Å². The minimum absolute atomic E-state index is 0.490. The number of rotatable bonds is 5. The van der Waals surface area contributed by atoms with Crippen molar-refractivity contribution in [2.24, 2.45) is 0 Å². The molecular weight excluding hydrogens is 346 g/mol. The molecule has 0 aliphatic carbocycles. The van der Waals surface area contributed by atoms with Crippen molar-refractivity contribution in [1.82, 2.24) is 0 Å². The summed E-state index contributed by atoms with van der Waals surface area (Å²) in [6.45, 7) is 5.31. The van der Waals surface area contributed by atoms with Gasteiger partial charge in [0.2, 0.25) is 0 Å². The Balaban J connectivity index is 2.56. The molecule has 0 saturated heterocycles. The van der Waals surface area contributed by atoms with Crippen molar-refractivity contribution in [3.05, 3.63) is 60.2 Å². The fraction of sp³-hybridized carbons (Fsp3) is 0.333. The third kappa shape index (κ3) is 5.23. The van der Waals surface area contributed by atoms with Gasteiger partial charge in [0.1, 0.15) is 11.4 Å². The molecule has 0 radical (unpaired) electrons. The standard InChI is InChI=1S/C21H25NO5/c1-21(2,3)27-20(24)22(16-11-13-17(25-4)14-12-16)18(19(23)26-5)15-9-7-6-8-10-15/h6-14,18H,1-5H3/t18-/m1/s1. The number of methoxy groups -OCH3 is 2. The summed E-state index contributed by atoms with van der Waals surface area (Å²) in [5, 5.41) is 0. The lowest BCUT2D eigenvalue weighted by molar-refractivity contribution is -0.142. The highest BCUT2D eigenvalue weighted by atomic mass is 16.6. The summed E-state index contributed by atoms with van der Waals surface area (Å²) in [5.41, 5.74) is 0.384. The van der Waals surface area contributed by atoms with E-state index < -0.39 is 23.7 Å². The largest absolute Gasteiger partial charge is 0.497 e. The number of amides is 1. The second-order valence-electron chi connectivity index (χ2n) is 6.88. The van der Waals surface area contributed by atoms with Crippen molar-refractivity contribution in [2.45, 2.75) is 32.4 Å². The number of hydrogen-bond donors (Lipinski definition) is 0. The first-order chi connectivity index (χ1) is 12.8. The molecule has 0 spiro atoms. The summed E-state index contributed by atoms with van der Waals surface area (Å²) in [7, 11) is 2.85. The van der Waals surface area contributed by atoms with Crippen LogP contribution in [0.3, 0.4) is 0 Å². The summed E-state index contributed by atoms with van der Waals surface area (Å²) in [4.78, 5) is 26.9. The Morgan fingerprint density at radius 2 is 1.52 bits per heavy atom. The van der Waals surface area contributed by atoms with Crippen molar-refractivity contribution in [3.63, 3.8) is 0 Å². The molecule has 2 aromatic carbocycles. The summed E-state index contributed by atoms with van der Waals surface area (Å²) in [6, 6.07) is 14.8. The van der Waals surface area contributed by atoms with Crippen LogP contribution >= 0.6 is 0 Å². The quantitative estimate of drug-likeness (QED) is 0.731. The molecule has 6 nitrogen and oxygen atoms in total. The Morgan fingerprint density at radius 1 is 0.926 bits per heavy atom. The number of anilines is 1. The van der Waals surface area contributed by atoms with Crippen molar-refractivity contribution >= 4 is 17.7 Å². The van der Waals surface area contributed by atoms with Crippen LogP contribution in [-0.2, 0) is 14.3 Å². The minimum Gasteiger partial charge on any atom is -0.497 e. The summed E-state index contributed by atoms with van der Waals surface area (Å²) in [6.07, 6.45) is -0.646. The maximum absolute atomic E-state index is 13.0. The molecule has 0 aromatic heterocycles. The van der Waals surface area contributed by atoms with Crippen molar-refractivity contribution < 1.29 is 23.8 Å². The Kier molecular flexibility index (Phi) is 6.45. The average molecular weight is 371 g/mol. The topological polar surface area (TPSA) is 65.1 Å². The summed E-state index contributed by atoms with van der Waals surface area (Å²) >= 11 is 0. The summed E-state index contributed by atoms with van der Waals surface area (Å²) < 4.78 is 15.7. The van der Waals surface area contributed by atoms with Gasteiger partial charge in [-0.25, -0.2) is 9.59 Å². The van der Waals surface area contributed by atoms with Gasteiger partial charge >= 0.3 is 12.1 Å². The van der Waals surface area contributed by atoms with Gasteiger partial charge in [-0.1, -0.05) is 30.3 Å². The molecule has 0 saturated carbocycles. The molecule has 1 amide bonds. The van der Waals surface area contributed by atoms with Gasteiger partial charge in [0, 0.05) is 5.69 Å². The lowest BCUT2D eigenvalue weighted by Crippen LogP contribution is -2.42. The van der Waals surface area contributed by atoms with E-state index in [-0.39, 0.29) is 0 Å². The minimum atomic E-state index is -0.987. The lowest BCUT2D eigenvalue weighted by atomic mass is 10.0. The summed E-state index contributed by atoms with van der Waals surface area (Å²) in [5.74, 6) is 0.0695. The SMILES string of the molecule is COC(=O)[C@@H](c1ccccc1)N(C(=O)OC(C)(C)C)c1ccc(OC)cc1. The molecule has 0 N–H and O–H groups in total. The van der Waals surface area contributed by atoms with E-state index in [2.05, 4.69) is 0 Å². The van der Waals surface area contributed by atoms with E-state index >= 15 is 0 Å². The van der Waals surface area contributed by atoms with E-state index in [9.17, 15) is 9.59 Å². The molecule has 27 heavy (non-hydrogen) atoms. The zero-order chi connectivity index (χ0) is 20.0. The normalized spacial score (nSPS) is 12.0. The molecule has 144 valence electrons. The van der Waals surface area contributed by atoms with Crippen molar-refractivity contribution in [1.29, 1.82) is 0 Å². The zero-order valence-corrected chi connectivity index (χ0v) is 16.3. The molecule has 1 atom stereocenters. The predicted octanol–water partition coefficient (Wildman–Crippen LogP) is 4.35. The van der Waals surface area contributed by atoms with Gasteiger partial charge in [-0.2, -0.15) is 0 Å². The van der Waals surface area contributed by atoms with Gasteiger partial charge in [0.15, 0.2) is 6.04 Å². The van der Waals surface area contributed by atoms with Gasteiger partial charge in [-0.3, -0.25) is 4.90 Å². The highest BCUT2D eigenvalue weighted by molar-refractivity contribution is 5.96. The molecule has 0 bridgehead atoms. The van der Waals surface area contributed by atoms with Gasteiger partial charge in [-0.05, 0) is 50.6 Å². The Labute approximate surface area is 159 Å². The molecule has 0 fully saturated rings. The molecule has 2 aromatic rings. The van der Waals surface area contributed by atoms with E-state index in [0.29, 0.717) is 17.0 Å². The predicted molar refractivity (Wildman–Crippen MR) is 103 cm³/mol. The highest BCUT2D eigenvalue weighted by Gasteiger charge is 2.36. The molecular formula is C21H25NO5. The van der Waals surface area contributed by atoms with Crippen LogP contribution < -0.4 is 9.64 Å². The first-order valence-electron chi connectivity index (χ1n) is 8.56. The van der Waals surface area contributed by atoms with Gasteiger partial charge < -0.3 is 14.2 Å². The van der Waals surface area contributed by atoms with Crippen LogP contribution in [0.25, 0.3) is 0 Å². The second-order valence-corrected chi connectivity index (χ2v) is 6.88. The van der Waals surface area contributed by atoms with E-state index in [1.54, 1.807) is 76.4 Å². The average Bonchev–Trinajstić information content (AvgIpc) is 2.64. The first-order valence-corrected chi connectivity index (χ1v) is 8.56. The van der Waals surface area contributed by atoms with E-state index in [1.165, 1.54) is 12.0 Å². The molecule has 0 aliphatic rings. The number of esters is 1. The fourth-order valence-electron chi connectivity index (χ4n) is 2.55. The van der Waals surface area contributed by atoms with Crippen molar-refractivity contribution in [2.75, 3.05) is 19.1 Å². The second kappa shape index (κ2) is 8.58. The van der Waals surface area contributed by atoms with Crippen LogP contribution in [0.15, 0.2) is 54.6 Å². The number of carbonyl (C=O) groups is 2. The third-order valence-electron chi connectivity index (χ3n) is 3.74. The van der Waals surface area contributed by atoms with E-state index in [0.717, 1.165) is 0 Å². The van der Waals surface area contributed by atoms with Crippen LogP contribution in [0.2, 0.25) is 0 Å². The highest BCUT2D eigenvalue weighted by Crippen LogP contribution is 2.31. The Hall–Kier alpha value is -3.02. The van der Waals surface area contributed by atoms with E-state index in [4.69, 9.17) is 14.2 Å². The van der Waals surface area contributed by atoms with E-state index in [1.807, 2.05) is 6.07 Å². The maximum Gasteiger partial charge on any atom is 0.415 e. The number of nitrogens with zero attached hydrogens (tertiary/aromatic N) is 1. The van der Waals surface area contributed by atoms with Crippen LogP contribution in [0, 0.1) is 0 Å². The monoisotopic (exact) mass is 371 g/mol. The van der Waals surface area contributed by atoms with Gasteiger partial charge in [0.05, 0.1) is 14.2 Å². The number of hydrogen-bond acceptors (Lipinski definition) is 5. The van der Waals surface area contributed by atoms with Crippen LogP contribution in [-0.4, -0.2) is 31.9 Å². The number of benzene rings is 2. The fourth-order valence-corrected chi connectivity index (χ4v) is 2.55. The molecule has 0 heterocycles. The first kappa shape index (κ1) is 20.3. The maximum atomic E-state index is 13.0.